The summed E-state index contributed by atoms with van der Waals surface area (Å²) >= 11 is 0. The van der Waals surface area contributed by atoms with Crippen molar-refractivity contribution in [2.45, 2.75) is 33.6 Å². The van der Waals surface area contributed by atoms with E-state index in [2.05, 4.69) is 22.6 Å². The second-order valence-corrected chi connectivity index (χ2v) is 6.67. The number of hydrogen-bond donors (Lipinski definition) is 1. The zero-order chi connectivity index (χ0) is 22.1. The number of benzene rings is 2. The fraction of sp³-hybridized carbons (Fsp3) is 0.348. The highest BCUT2D eigenvalue weighted by Crippen LogP contribution is 2.34. The van der Waals surface area contributed by atoms with Crippen LogP contribution >= 0.6 is 0 Å². The van der Waals surface area contributed by atoms with Crippen LogP contribution in [0.25, 0.3) is 11.3 Å². The predicted octanol–water partition coefficient (Wildman–Crippen LogP) is 4.97. The summed E-state index contributed by atoms with van der Waals surface area (Å²) in [5.41, 5.74) is 1.53. The average molecular weight is 425 g/mol. The second-order valence-electron chi connectivity index (χ2n) is 6.67. The van der Waals surface area contributed by atoms with Crippen LogP contribution < -0.4 is 19.5 Å². The number of anilines is 1. The Morgan fingerprint density at radius 2 is 1.77 bits per heavy atom. The van der Waals surface area contributed by atoms with Gasteiger partial charge < -0.3 is 19.5 Å². The normalized spacial score (nSPS) is 10.5. The summed E-state index contributed by atoms with van der Waals surface area (Å²) in [6.45, 7) is 7.51. The Morgan fingerprint density at radius 1 is 0.968 bits per heavy atom. The molecule has 1 amide bonds. The standard InChI is InChI=1S/C23H27N3O5/c1-4-7-13-30-18-10-8-9-17(14-18)23(27)24-22-21(25-31-26-22)16-11-12-19(28-5-2)20(15-16)29-6-3/h8-12,14-15H,4-7,13H2,1-3H3,(H,24,26,27). The van der Waals surface area contributed by atoms with Crippen LogP contribution in [0, 0.1) is 0 Å². The Kier molecular flexibility index (Phi) is 7.86. The van der Waals surface area contributed by atoms with E-state index in [1.807, 2.05) is 26.0 Å². The van der Waals surface area contributed by atoms with Crippen molar-refractivity contribution in [3.05, 3.63) is 48.0 Å². The van der Waals surface area contributed by atoms with E-state index >= 15 is 0 Å². The predicted molar refractivity (Wildman–Crippen MR) is 117 cm³/mol. The number of ether oxygens (including phenoxy) is 3. The first kappa shape index (κ1) is 22.1. The lowest BCUT2D eigenvalue weighted by Crippen LogP contribution is -2.13. The molecule has 2 aromatic carbocycles. The minimum absolute atomic E-state index is 0.217. The molecule has 0 spiro atoms. The van der Waals surface area contributed by atoms with Gasteiger partial charge in [0.05, 0.1) is 19.8 Å². The third-order valence-electron chi connectivity index (χ3n) is 4.40. The Bertz CT molecular complexity index is 1000. The van der Waals surface area contributed by atoms with Gasteiger partial charge in [-0.25, -0.2) is 4.63 Å². The van der Waals surface area contributed by atoms with E-state index in [0.717, 1.165) is 12.8 Å². The van der Waals surface area contributed by atoms with Crippen molar-refractivity contribution in [3.63, 3.8) is 0 Å². The van der Waals surface area contributed by atoms with Gasteiger partial charge in [0.15, 0.2) is 17.2 Å². The highest BCUT2D eigenvalue weighted by molar-refractivity contribution is 6.05. The molecule has 0 aliphatic rings. The summed E-state index contributed by atoms with van der Waals surface area (Å²) in [6, 6.07) is 12.4. The lowest BCUT2D eigenvalue weighted by Gasteiger charge is -2.12. The van der Waals surface area contributed by atoms with Gasteiger partial charge >= 0.3 is 0 Å². The molecule has 3 rings (SSSR count). The molecule has 8 heteroatoms. The first-order valence-electron chi connectivity index (χ1n) is 10.4. The molecule has 1 N–H and O–H groups in total. The van der Waals surface area contributed by atoms with Crippen LogP contribution in [0.15, 0.2) is 47.1 Å². The van der Waals surface area contributed by atoms with Gasteiger partial charge in [0.25, 0.3) is 5.91 Å². The van der Waals surface area contributed by atoms with Crippen LogP contribution in [0.5, 0.6) is 17.2 Å². The highest BCUT2D eigenvalue weighted by atomic mass is 16.6. The summed E-state index contributed by atoms with van der Waals surface area (Å²) in [5, 5.41) is 10.6. The number of nitrogens with one attached hydrogen (secondary N) is 1. The number of nitrogens with zero attached hydrogens (tertiary/aromatic N) is 2. The number of aromatic nitrogens is 2. The molecule has 0 aliphatic heterocycles. The Balaban J connectivity index is 1.78. The first-order chi connectivity index (χ1) is 15.2. The van der Waals surface area contributed by atoms with Gasteiger partial charge in [0.2, 0.25) is 5.82 Å². The SMILES string of the molecule is CCCCOc1cccc(C(=O)Nc2nonc2-c2ccc(OCC)c(OCC)c2)c1. The topological polar surface area (TPSA) is 95.7 Å². The maximum Gasteiger partial charge on any atom is 0.257 e. The number of carbonyl (C=O) groups excluding carboxylic acids is 1. The number of rotatable bonds is 11. The number of carbonyl (C=O) groups is 1. The monoisotopic (exact) mass is 425 g/mol. The third-order valence-corrected chi connectivity index (χ3v) is 4.40. The van der Waals surface area contributed by atoms with Gasteiger partial charge in [-0.2, -0.15) is 0 Å². The maximum atomic E-state index is 12.8. The van der Waals surface area contributed by atoms with E-state index in [1.54, 1.807) is 30.3 Å². The molecule has 1 heterocycles. The molecule has 31 heavy (non-hydrogen) atoms. The molecule has 3 aromatic rings. The quantitative estimate of drug-likeness (QED) is 0.434. The van der Waals surface area contributed by atoms with Crippen molar-refractivity contribution in [2.75, 3.05) is 25.1 Å². The molecule has 8 nitrogen and oxygen atoms in total. The van der Waals surface area contributed by atoms with E-state index in [0.29, 0.717) is 53.9 Å². The first-order valence-corrected chi connectivity index (χ1v) is 10.4. The van der Waals surface area contributed by atoms with Gasteiger partial charge in [-0.15, -0.1) is 0 Å². The fourth-order valence-electron chi connectivity index (χ4n) is 2.90. The van der Waals surface area contributed by atoms with E-state index in [-0.39, 0.29) is 11.7 Å². The maximum absolute atomic E-state index is 12.8. The summed E-state index contributed by atoms with van der Waals surface area (Å²) in [7, 11) is 0. The van der Waals surface area contributed by atoms with Crippen LogP contribution in [-0.4, -0.2) is 36.0 Å². The molecule has 0 bridgehead atoms. The van der Waals surface area contributed by atoms with Crippen molar-refractivity contribution in [2.24, 2.45) is 0 Å². The molecule has 0 atom stereocenters. The molecule has 0 radical (unpaired) electrons. The minimum atomic E-state index is -0.339. The second kappa shape index (κ2) is 11.0. The van der Waals surface area contributed by atoms with Gasteiger partial charge in [-0.3, -0.25) is 4.79 Å². The van der Waals surface area contributed by atoms with Crippen LogP contribution in [0.3, 0.4) is 0 Å². The fourth-order valence-corrected chi connectivity index (χ4v) is 2.90. The average Bonchev–Trinajstić information content (AvgIpc) is 3.24. The van der Waals surface area contributed by atoms with E-state index in [9.17, 15) is 4.79 Å². The van der Waals surface area contributed by atoms with Crippen LogP contribution in [0.2, 0.25) is 0 Å². The smallest absolute Gasteiger partial charge is 0.257 e. The molecule has 0 unspecified atom stereocenters. The van der Waals surface area contributed by atoms with Gasteiger partial charge in [-0.05, 0) is 67.0 Å². The van der Waals surface area contributed by atoms with Gasteiger partial charge in [-0.1, -0.05) is 19.4 Å². The van der Waals surface area contributed by atoms with Crippen LogP contribution in [0.4, 0.5) is 5.82 Å². The largest absolute Gasteiger partial charge is 0.494 e. The van der Waals surface area contributed by atoms with Crippen molar-refractivity contribution < 1.29 is 23.6 Å². The van der Waals surface area contributed by atoms with E-state index in [4.69, 9.17) is 18.8 Å². The summed E-state index contributed by atoms with van der Waals surface area (Å²) in [5.74, 6) is 1.74. The van der Waals surface area contributed by atoms with Crippen LogP contribution in [-0.2, 0) is 0 Å². The van der Waals surface area contributed by atoms with Crippen molar-refractivity contribution >= 4 is 11.7 Å². The molecule has 0 aliphatic carbocycles. The molecule has 0 fully saturated rings. The zero-order valence-corrected chi connectivity index (χ0v) is 18.0. The van der Waals surface area contributed by atoms with Gasteiger partial charge in [0, 0.05) is 11.1 Å². The molecule has 0 saturated heterocycles. The van der Waals surface area contributed by atoms with Crippen LogP contribution in [0.1, 0.15) is 44.0 Å². The molecular weight excluding hydrogens is 398 g/mol. The Morgan fingerprint density at radius 3 is 2.55 bits per heavy atom. The summed E-state index contributed by atoms with van der Waals surface area (Å²) < 4.78 is 21.8. The summed E-state index contributed by atoms with van der Waals surface area (Å²) in [6.07, 6.45) is 1.99. The van der Waals surface area contributed by atoms with Crippen molar-refractivity contribution in [1.82, 2.24) is 10.3 Å². The Labute approximate surface area is 181 Å². The van der Waals surface area contributed by atoms with E-state index in [1.165, 1.54) is 0 Å². The number of hydrogen-bond acceptors (Lipinski definition) is 7. The lowest BCUT2D eigenvalue weighted by molar-refractivity contribution is 0.102. The highest BCUT2D eigenvalue weighted by Gasteiger charge is 2.18. The zero-order valence-electron chi connectivity index (χ0n) is 18.0. The number of unbranched alkanes of at least 4 members (excludes halogenated alkanes) is 1. The molecular formula is C23H27N3O5. The third kappa shape index (κ3) is 5.75. The van der Waals surface area contributed by atoms with Gasteiger partial charge in [0.1, 0.15) is 5.75 Å². The van der Waals surface area contributed by atoms with Crippen molar-refractivity contribution in [3.8, 4) is 28.5 Å². The van der Waals surface area contributed by atoms with Crippen molar-refractivity contribution in [1.29, 1.82) is 0 Å². The number of amides is 1. The van der Waals surface area contributed by atoms with E-state index < -0.39 is 0 Å². The summed E-state index contributed by atoms with van der Waals surface area (Å²) in [4.78, 5) is 12.8. The molecule has 1 aromatic heterocycles. The molecule has 164 valence electrons. The Hall–Kier alpha value is -3.55. The molecule has 0 saturated carbocycles. The minimum Gasteiger partial charge on any atom is -0.494 e. The lowest BCUT2D eigenvalue weighted by atomic mass is 10.1.